The number of aryl methyl sites for hydroxylation is 1. The van der Waals surface area contributed by atoms with Gasteiger partial charge in [-0.25, -0.2) is 0 Å². The largest absolute Gasteiger partial charge is 0.390 e. The van der Waals surface area contributed by atoms with E-state index in [9.17, 15) is 5.11 Å². The molecule has 0 aliphatic carbocycles. The Morgan fingerprint density at radius 2 is 1.48 bits per heavy atom. The Labute approximate surface area is 176 Å². The van der Waals surface area contributed by atoms with Crippen molar-refractivity contribution in [1.82, 2.24) is 9.80 Å². The van der Waals surface area contributed by atoms with E-state index in [1.54, 1.807) is 0 Å². The molecule has 156 valence electrons. The zero-order valence-corrected chi connectivity index (χ0v) is 17.7. The molecule has 0 amide bonds. The highest BCUT2D eigenvalue weighted by Gasteiger charge is 2.33. The molecule has 2 aliphatic rings. The number of piperidine rings is 1. The van der Waals surface area contributed by atoms with Gasteiger partial charge in [0.15, 0.2) is 0 Å². The Morgan fingerprint density at radius 1 is 0.828 bits per heavy atom. The summed E-state index contributed by atoms with van der Waals surface area (Å²) in [6, 6.07) is 21.5. The van der Waals surface area contributed by atoms with Crippen LogP contribution in [-0.2, 0) is 13.0 Å². The van der Waals surface area contributed by atoms with Crippen LogP contribution in [0.1, 0.15) is 43.2 Å². The minimum absolute atomic E-state index is 0.444. The van der Waals surface area contributed by atoms with E-state index in [1.807, 2.05) is 0 Å². The molecule has 0 saturated carbocycles. The molecule has 29 heavy (non-hydrogen) atoms. The van der Waals surface area contributed by atoms with Crippen LogP contribution in [0.3, 0.4) is 0 Å². The first-order chi connectivity index (χ1) is 14.2. The Morgan fingerprint density at radius 3 is 2.17 bits per heavy atom. The molecule has 1 unspecified atom stereocenters. The average Bonchev–Trinajstić information content (AvgIpc) is 3.18. The topological polar surface area (TPSA) is 26.7 Å². The zero-order valence-electron chi connectivity index (χ0n) is 17.7. The predicted molar refractivity (Wildman–Crippen MR) is 120 cm³/mol. The van der Waals surface area contributed by atoms with Gasteiger partial charge in [0.25, 0.3) is 0 Å². The summed E-state index contributed by atoms with van der Waals surface area (Å²) in [6.45, 7) is 6.82. The van der Waals surface area contributed by atoms with Crippen molar-refractivity contribution in [2.24, 2.45) is 5.92 Å². The van der Waals surface area contributed by atoms with Gasteiger partial charge in [-0.15, -0.1) is 0 Å². The summed E-state index contributed by atoms with van der Waals surface area (Å²) in [4.78, 5) is 5.20. The van der Waals surface area contributed by atoms with E-state index >= 15 is 0 Å². The number of hydrogen-bond donors (Lipinski definition) is 1. The van der Waals surface area contributed by atoms with Crippen molar-refractivity contribution in [3.63, 3.8) is 0 Å². The molecule has 3 nitrogen and oxygen atoms in total. The number of hydrogen-bond acceptors (Lipinski definition) is 3. The van der Waals surface area contributed by atoms with Crippen molar-refractivity contribution in [3.05, 3.63) is 71.8 Å². The van der Waals surface area contributed by atoms with Gasteiger partial charge >= 0.3 is 0 Å². The van der Waals surface area contributed by atoms with Gasteiger partial charge in [0.05, 0.1) is 5.60 Å². The molecular formula is C26H36N2O. The maximum Gasteiger partial charge on any atom is 0.0672 e. The summed E-state index contributed by atoms with van der Waals surface area (Å²) in [6.07, 6.45) is 6.27. The van der Waals surface area contributed by atoms with Crippen molar-refractivity contribution in [3.8, 4) is 0 Å². The molecule has 2 aromatic rings. The van der Waals surface area contributed by atoms with Crippen LogP contribution in [0.2, 0.25) is 0 Å². The van der Waals surface area contributed by atoms with Gasteiger partial charge in [0, 0.05) is 32.7 Å². The zero-order chi connectivity index (χ0) is 19.9. The van der Waals surface area contributed by atoms with Crippen LogP contribution in [-0.4, -0.2) is 53.2 Å². The second-order valence-corrected chi connectivity index (χ2v) is 9.24. The molecule has 0 aromatic heterocycles. The van der Waals surface area contributed by atoms with Crippen LogP contribution in [0.5, 0.6) is 0 Å². The molecular weight excluding hydrogens is 356 g/mol. The van der Waals surface area contributed by atoms with Gasteiger partial charge in [0.2, 0.25) is 0 Å². The molecule has 2 fully saturated rings. The van der Waals surface area contributed by atoms with Crippen LogP contribution in [0.25, 0.3) is 0 Å². The van der Waals surface area contributed by atoms with Crippen molar-refractivity contribution in [2.75, 3.05) is 32.7 Å². The first-order valence-electron chi connectivity index (χ1n) is 11.4. The highest BCUT2D eigenvalue weighted by molar-refractivity contribution is 5.15. The SMILES string of the molecule is OC1(CCCc2ccccc2)CCN(CC2CCN(Cc3ccccc3)C2)CC1. The first kappa shape index (κ1) is 20.6. The minimum atomic E-state index is -0.444. The second kappa shape index (κ2) is 9.88. The Balaban J connectivity index is 1.15. The molecule has 2 saturated heterocycles. The number of aliphatic hydroxyl groups is 1. The summed E-state index contributed by atoms with van der Waals surface area (Å²) in [7, 11) is 0. The third-order valence-corrected chi connectivity index (χ3v) is 6.87. The smallest absolute Gasteiger partial charge is 0.0672 e. The summed E-state index contributed by atoms with van der Waals surface area (Å²) in [5, 5.41) is 11.0. The van der Waals surface area contributed by atoms with E-state index in [-0.39, 0.29) is 0 Å². The van der Waals surface area contributed by atoms with Crippen LogP contribution in [0.4, 0.5) is 0 Å². The third-order valence-electron chi connectivity index (χ3n) is 6.87. The van der Waals surface area contributed by atoms with Gasteiger partial charge in [-0.1, -0.05) is 60.7 Å². The Hall–Kier alpha value is -1.68. The fraction of sp³-hybridized carbons (Fsp3) is 0.538. The maximum atomic E-state index is 11.0. The van der Waals surface area contributed by atoms with Gasteiger partial charge in [-0.3, -0.25) is 4.90 Å². The maximum absolute atomic E-state index is 11.0. The lowest BCUT2D eigenvalue weighted by molar-refractivity contribution is -0.0313. The Kier molecular flexibility index (Phi) is 7.02. The van der Waals surface area contributed by atoms with Crippen molar-refractivity contribution in [1.29, 1.82) is 0 Å². The summed E-state index contributed by atoms with van der Waals surface area (Å²) in [5.74, 6) is 0.781. The molecule has 0 radical (unpaired) electrons. The monoisotopic (exact) mass is 392 g/mol. The number of benzene rings is 2. The molecule has 0 bridgehead atoms. The molecule has 1 atom stereocenters. The molecule has 4 rings (SSSR count). The molecule has 0 spiro atoms. The van der Waals surface area contributed by atoms with Crippen LogP contribution in [0, 0.1) is 5.92 Å². The van der Waals surface area contributed by atoms with Gasteiger partial charge in [-0.2, -0.15) is 0 Å². The second-order valence-electron chi connectivity index (χ2n) is 9.24. The average molecular weight is 393 g/mol. The van der Waals surface area contributed by atoms with E-state index in [0.29, 0.717) is 0 Å². The third kappa shape index (κ3) is 6.15. The predicted octanol–water partition coefficient (Wildman–Crippen LogP) is 4.36. The number of rotatable bonds is 8. The normalized spacial score (nSPS) is 22.7. The van der Waals surface area contributed by atoms with Crippen LogP contribution < -0.4 is 0 Å². The molecule has 2 heterocycles. The quantitative estimate of drug-likeness (QED) is 0.723. The van der Waals surface area contributed by atoms with E-state index in [1.165, 1.54) is 37.2 Å². The van der Waals surface area contributed by atoms with Crippen molar-refractivity contribution < 1.29 is 5.11 Å². The van der Waals surface area contributed by atoms with E-state index in [4.69, 9.17) is 0 Å². The first-order valence-corrected chi connectivity index (χ1v) is 11.4. The van der Waals surface area contributed by atoms with E-state index in [2.05, 4.69) is 70.5 Å². The number of nitrogens with zero attached hydrogens (tertiary/aromatic N) is 2. The molecule has 1 N–H and O–H groups in total. The summed E-state index contributed by atoms with van der Waals surface area (Å²) in [5.41, 5.74) is 2.36. The standard InChI is InChI=1S/C26H36N2O/c29-26(14-7-12-23-8-3-1-4-9-23)15-18-27(19-16-26)21-25-13-17-28(22-25)20-24-10-5-2-6-11-24/h1-6,8-11,25,29H,7,12-22H2. The van der Waals surface area contributed by atoms with Crippen LogP contribution >= 0.6 is 0 Å². The lowest BCUT2D eigenvalue weighted by Gasteiger charge is -2.39. The summed E-state index contributed by atoms with van der Waals surface area (Å²) < 4.78 is 0. The van der Waals surface area contributed by atoms with Gasteiger partial charge in [-0.05, 0) is 62.1 Å². The molecule has 2 aliphatic heterocycles. The highest BCUT2D eigenvalue weighted by Crippen LogP contribution is 2.29. The lowest BCUT2D eigenvalue weighted by atomic mass is 9.85. The van der Waals surface area contributed by atoms with Crippen molar-refractivity contribution >= 4 is 0 Å². The van der Waals surface area contributed by atoms with Gasteiger partial charge in [0.1, 0.15) is 0 Å². The molecule has 2 aromatic carbocycles. The van der Waals surface area contributed by atoms with Crippen LogP contribution in [0.15, 0.2) is 60.7 Å². The molecule has 3 heteroatoms. The minimum Gasteiger partial charge on any atom is -0.390 e. The highest BCUT2D eigenvalue weighted by atomic mass is 16.3. The fourth-order valence-electron chi connectivity index (χ4n) is 5.08. The fourth-order valence-corrected chi connectivity index (χ4v) is 5.08. The Bertz CT molecular complexity index is 725. The number of likely N-dealkylation sites (tertiary alicyclic amines) is 2. The van der Waals surface area contributed by atoms with Gasteiger partial charge < -0.3 is 10.0 Å². The van der Waals surface area contributed by atoms with E-state index < -0.39 is 5.60 Å². The lowest BCUT2D eigenvalue weighted by Crippen LogP contribution is -2.46. The van der Waals surface area contributed by atoms with E-state index in [0.717, 1.165) is 57.7 Å². The van der Waals surface area contributed by atoms with Crippen molar-refractivity contribution in [2.45, 2.75) is 50.7 Å². The summed E-state index contributed by atoms with van der Waals surface area (Å²) >= 11 is 0.